The molecule has 1 atom stereocenters. The van der Waals surface area contributed by atoms with Crippen LogP contribution in [-0.2, 0) is 0 Å². The quantitative estimate of drug-likeness (QED) is 0.724. The first kappa shape index (κ1) is 19.2. The highest BCUT2D eigenvalue weighted by atomic mass is 35.5. The Labute approximate surface area is 158 Å². The maximum atomic E-state index is 12.4. The lowest BCUT2D eigenvalue weighted by Gasteiger charge is -2.14. The molecule has 0 aliphatic carbocycles. The Morgan fingerprint density at radius 2 is 2.04 bits per heavy atom. The Balaban J connectivity index is 2.00. The summed E-state index contributed by atoms with van der Waals surface area (Å²) in [6.45, 7) is 5.95. The summed E-state index contributed by atoms with van der Waals surface area (Å²) in [5, 5.41) is 6.45. The number of carbonyl (C=O) groups excluding carboxylic acids is 1. The van der Waals surface area contributed by atoms with Gasteiger partial charge in [0, 0.05) is 16.3 Å². The van der Waals surface area contributed by atoms with Gasteiger partial charge in [-0.05, 0) is 68.4 Å². The minimum Gasteiger partial charge on any atom is -0.491 e. The molecule has 1 amide bonds. The Morgan fingerprint density at radius 1 is 1.28 bits per heavy atom. The summed E-state index contributed by atoms with van der Waals surface area (Å²) in [7, 11) is 0. The molecule has 2 aromatic carbocycles. The summed E-state index contributed by atoms with van der Waals surface area (Å²) in [4.78, 5) is 12.4. The fraction of sp³-hybridized carbons (Fsp3) is 0.263. The summed E-state index contributed by atoms with van der Waals surface area (Å²) in [6, 6.07) is 12.5. The van der Waals surface area contributed by atoms with Gasteiger partial charge in [0.15, 0.2) is 5.11 Å². The molecule has 0 aliphatic heterocycles. The Morgan fingerprint density at radius 3 is 2.72 bits per heavy atom. The highest BCUT2D eigenvalue weighted by molar-refractivity contribution is 7.80. The summed E-state index contributed by atoms with van der Waals surface area (Å²) >= 11 is 11.3. The van der Waals surface area contributed by atoms with Crippen LogP contribution >= 0.6 is 23.8 Å². The molecule has 0 spiro atoms. The molecule has 6 heteroatoms. The number of anilines is 1. The third kappa shape index (κ3) is 5.73. The molecule has 25 heavy (non-hydrogen) atoms. The number of carbonyl (C=O) groups is 1. The van der Waals surface area contributed by atoms with E-state index in [1.807, 2.05) is 39.0 Å². The van der Waals surface area contributed by atoms with E-state index >= 15 is 0 Å². The van der Waals surface area contributed by atoms with Crippen molar-refractivity contribution < 1.29 is 9.53 Å². The summed E-state index contributed by atoms with van der Waals surface area (Å²) in [5.41, 5.74) is 2.17. The number of amides is 1. The molecular formula is C19H21ClN2O2S. The lowest BCUT2D eigenvalue weighted by atomic mass is 10.2. The first-order chi connectivity index (χ1) is 11.9. The van der Waals surface area contributed by atoms with Gasteiger partial charge in [0.2, 0.25) is 0 Å². The van der Waals surface area contributed by atoms with Crippen molar-refractivity contribution in [2.24, 2.45) is 0 Å². The molecule has 2 aromatic rings. The van der Waals surface area contributed by atoms with Gasteiger partial charge in [0.05, 0.1) is 6.10 Å². The molecule has 0 aromatic heterocycles. The zero-order chi connectivity index (χ0) is 18.4. The highest BCUT2D eigenvalue weighted by Gasteiger charge is 2.10. The van der Waals surface area contributed by atoms with Crippen LogP contribution in [0, 0.1) is 6.92 Å². The zero-order valence-electron chi connectivity index (χ0n) is 14.4. The summed E-state index contributed by atoms with van der Waals surface area (Å²) in [6.07, 6.45) is 0.983. The lowest BCUT2D eigenvalue weighted by molar-refractivity contribution is 0.0977. The predicted octanol–water partition coefficient (Wildman–Crippen LogP) is 4.95. The minimum atomic E-state index is -0.301. The first-order valence-corrected chi connectivity index (χ1v) is 8.83. The maximum absolute atomic E-state index is 12.4. The van der Waals surface area contributed by atoms with E-state index in [2.05, 4.69) is 10.6 Å². The molecule has 2 rings (SSSR count). The van der Waals surface area contributed by atoms with Gasteiger partial charge in [0.25, 0.3) is 5.91 Å². The highest BCUT2D eigenvalue weighted by Crippen LogP contribution is 2.20. The third-order valence-corrected chi connectivity index (χ3v) is 4.28. The number of hydrogen-bond acceptors (Lipinski definition) is 3. The van der Waals surface area contributed by atoms with Crippen LogP contribution in [0.3, 0.4) is 0 Å². The van der Waals surface area contributed by atoms with Crippen LogP contribution in [0.25, 0.3) is 0 Å². The lowest BCUT2D eigenvalue weighted by Crippen LogP contribution is -2.34. The van der Waals surface area contributed by atoms with Gasteiger partial charge in [-0.3, -0.25) is 10.1 Å². The van der Waals surface area contributed by atoms with E-state index in [4.69, 9.17) is 28.6 Å². The maximum Gasteiger partial charge on any atom is 0.257 e. The van der Waals surface area contributed by atoms with Gasteiger partial charge in [-0.1, -0.05) is 30.7 Å². The van der Waals surface area contributed by atoms with Crippen LogP contribution in [0.5, 0.6) is 5.75 Å². The average Bonchev–Trinajstić information content (AvgIpc) is 2.58. The molecule has 1 unspecified atom stereocenters. The van der Waals surface area contributed by atoms with Crippen molar-refractivity contribution in [1.82, 2.24) is 5.32 Å². The summed E-state index contributed by atoms with van der Waals surface area (Å²) in [5.74, 6) is 0.358. The van der Waals surface area contributed by atoms with Gasteiger partial charge in [-0.2, -0.15) is 0 Å². The molecule has 132 valence electrons. The molecule has 0 heterocycles. The van der Waals surface area contributed by atoms with E-state index in [9.17, 15) is 4.79 Å². The van der Waals surface area contributed by atoms with Gasteiger partial charge in [-0.25, -0.2) is 0 Å². The molecular weight excluding hydrogens is 356 g/mol. The van der Waals surface area contributed by atoms with Gasteiger partial charge >= 0.3 is 0 Å². The number of thiocarbonyl (C=S) groups is 1. The molecule has 4 nitrogen and oxygen atoms in total. The number of aryl methyl sites for hydroxylation is 1. The van der Waals surface area contributed by atoms with Crippen molar-refractivity contribution in [3.05, 3.63) is 58.6 Å². The molecule has 0 aliphatic rings. The summed E-state index contributed by atoms with van der Waals surface area (Å²) < 4.78 is 5.74. The van der Waals surface area contributed by atoms with Crippen molar-refractivity contribution in [1.29, 1.82) is 0 Å². The van der Waals surface area contributed by atoms with Gasteiger partial charge in [-0.15, -0.1) is 0 Å². The normalized spacial score (nSPS) is 11.5. The molecule has 0 radical (unpaired) electrons. The molecule has 0 fully saturated rings. The largest absolute Gasteiger partial charge is 0.491 e. The predicted molar refractivity (Wildman–Crippen MR) is 107 cm³/mol. The smallest absolute Gasteiger partial charge is 0.257 e. The third-order valence-electron chi connectivity index (χ3n) is 3.67. The van der Waals surface area contributed by atoms with Gasteiger partial charge < -0.3 is 10.1 Å². The number of ether oxygens (including phenoxy) is 1. The minimum absolute atomic E-state index is 0.0901. The number of rotatable bonds is 5. The number of hydrogen-bond donors (Lipinski definition) is 2. The van der Waals surface area contributed by atoms with E-state index in [1.165, 1.54) is 0 Å². The fourth-order valence-corrected chi connectivity index (χ4v) is 2.43. The van der Waals surface area contributed by atoms with Crippen LogP contribution in [0.15, 0.2) is 42.5 Å². The molecule has 2 N–H and O–H groups in total. The monoisotopic (exact) mass is 376 g/mol. The second kappa shape index (κ2) is 8.83. The van der Waals surface area contributed by atoms with E-state index in [0.29, 0.717) is 16.3 Å². The van der Waals surface area contributed by atoms with E-state index < -0.39 is 0 Å². The number of nitrogens with one attached hydrogen (secondary N) is 2. The Kier molecular flexibility index (Phi) is 6.79. The average molecular weight is 377 g/mol. The molecule has 0 saturated heterocycles. The molecule has 0 bridgehead atoms. The molecule has 0 saturated carbocycles. The zero-order valence-corrected chi connectivity index (χ0v) is 16.0. The Bertz CT molecular complexity index is 780. The van der Waals surface area contributed by atoms with Crippen LogP contribution in [0.2, 0.25) is 5.02 Å². The topological polar surface area (TPSA) is 50.4 Å². The van der Waals surface area contributed by atoms with E-state index in [0.717, 1.165) is 17.7 Å². The second-order valence-corrected chi connectivity index (χ2v) is 6.55. The van der Waals surface area contributed by atoms with Crippen LogP contribution in [0.4, 0.5) is 5.69 Å². The van der Waals surface area contributed by atoms with Crippen molar-refractivity contribution in [2.45, 2.75) is 33.3 Å². The fourth-order valence-electron chi connectivity index (χ4n) is 2.03. The standard InChI is InChI=1S/C19H21ClN2O2S/c1-4-13(3)24-16-7-5-6-14(10-16)18(23)22-19(25)21-15-9-8-12(2)17(20)11-15/h5-11,13H,4H2,1-3H3,(H2,21,22,23,25). The van der Waals surface area contributed by atoms with E-state index in [-0.39, 0.29) is 17.1 Å². The van der Waals surface area contributed by atoms with Crippen LogP contribution in [0.1, 0.15) is 36.2 Å². The van der Waals surface area contributed by atoms with Crippen LogP contribution in [-0.4, -0.2) is 17.1 Å². The van der Waals surface area contributed by atoms with Gasteiger partial charge in [0.1, 0.15) is 5.75 Å². The SMILES string of the molecule is CCC(C)Oc1cccc(C(=O)NC(=S)Nc2ccc(C)c(Cl)c2)c1. The van der Waals surface area contributed by atoms with E-state index in [1.54, 1.807) is 24.3 Å². The van der Waals surface area contributed by atoms with Crippen molar-refractivity contribution in [3.63, 3.8) is 0 Å². The van der Waals surface area contributed by atoms with Crippen molar-refractivity contribution in [3.8, 4) is 5.75 Å². The Hall–Kier alpha value is -2.11. The second-order valence-electron chi connectivity index (χ2n) is 5.74. The van der Waals surface area contributed by atoms with Crippen LogP contribution < -0.4 is 15.4 Å². The van der Waals surface area contributed by atoms with Crippen molar-refractivity contribution >= 4 is 40.5 Å². The number of halogens is 1. The van der Waals surface area contributed by atoms with Crippen molar-refractivity contribution in [2.75, 3.05) is 5.32 Å². The number of benzene rings is 2. The first-order valence-electron chi connectivity index (χ1n) is 8.04.